The highest BCUT2D eigenvalue weighted by atomic mass is 16.2. The smallest absolute Gasteiger partial charge is 0.271 e. The molecule has 1 fully saturated rings. The number of aryl methyl sites for hydroxylation is 1. The maximum Gasteiger partial charge on any atom is 0.271 e. The Morgan fingerprint density at radius 1 is 1.50 bits per heavy atom. The number of H-pyrrole nitrogens is 1. The van der Waals surface area contributed by atoms with Crippen molar-refractivity contribution in [3.8, 4) is 0 Å². The molecule has 20 heavy (non-hydrogen) atoms. The van der Waals surface area contributed by atoms with Gasteiger partial charge in [0.15, 0.2) is 0 Å². The molecule has 1 N–H and O–H groups in total. The molecular formula is C14H17N5O. The number of hydrogen-bond acceptors (Lipinski definition) is 4. The molecule has 1 atom stereocenters. The number of aromatic nitrogens is 4. The first-order chi connectivity index (χ1) is 9.74. The van der Waals surface area contributed by atoms with Crippen LogP contribution in [0, 0.1) is 6.92 Å². The summed E-state index contributed by atoms with van der Waals surface area (Å²) in [6.45, 7) is 3.38. The molecule has 0 radical (unpaired) electrons. The summed E-state index contributed by atoms with van der Waals surface area (Å²) in [7, 11) is 0. The van der Waals surface area contributed by atoms with Crippen molar-refractivity contribution < 1.29 is 4.79 Å². The van der Waals surface area contributed by atoms with Crippen molar-refractivity contribution in [2.45, 2.75) is 25.7 Å². The van der Waals surface area contributed by atoms with Gasteiger partial charge in [0.25, 0.3) is 5.91 Å². The number of hydrogen-bond donors (Lipinski definition) is 1. The van der Waals surface area contributed by atoms with E-state index < -0.39 is 0 Å². The zero-order chi connectivity index (χ0) is 13.9. The molecule has 0 aliphatic carbocycles. The van der Waals surface area contributed by atoms with Gasteiger partial charge in [0, 0.05) is 30.9 Å². The summed E-state index contributed by atoms with van der Waals surface area (Å²) >= 11 is 0. The van der Waals surface area contributed by atoms with Crippen LogP contribution in [-0.2, 0) is 0 Å². The van der Waals surface area contributed by atoms with Gasteiger partial charge in [0.1, 0.15) is 11.5 Å². The van der Waals surface area contributed by atoms with Crippen LogP contribution in [0.4, 0.5) is 0 Å². The molecule has 1 aliphatic rings. The predicted octanol–water partition coefficient (Wildman–Crippen LogP) is 1.53. The van der Waals surface area contributed by atoms with Crippen LogP contribution in [0.1, 0.15) is 40.8 Å². The third-order valence-electron chi connectivity index (χ3n) is 3.65. The van der Waals surface area contributed by atoms with Gasteiger partial charge in [-0.3, -0.25) is 4.79 Å². The number of imidazole rings is 1. The van der Waals surface area contributed by atoms with Gasteiger partial charge in [0.05, 0.1) is 12.5 Å². The molecule has 6 nitrogen and oxygen atoms in total. The van der Waals surface area contributed by atoms with Crippen molar-refractivity contribution in [3.63, 3.8) is 0 Å². The van der Waals surface area contributed by atoms with E-state index in [1.807, 2.05) is 17.9 Å². The number of likely N-dealkylation sites (tertiary alicyclic amines) is 1. The SMILES string of the molecule is Cc1nccc([C@@H]2CCCN(C(=O)c3cnc[nH]3)C2)n1. The topological polar surface area (TPSA) is 74.8 Å². The van der Waals surface area contributed by atoms with Crippen molar-refractivity contribution in [2.75, 3.05) is 13.1 Å². The van der Waals surface area contributed by atoms with Crippen molar-refractivity contribution in [2.24, 2.45) is 0 Å². The van der Waals surface area contributed by atoms with E-state index in [4.69, 9.17) is 0 Å². The average Bonchev–Trinajstić information content (AvgIpc) is 3.01. The summed E-state index contributed by atoms with van der Waals surface area (Å²) in [5, 5.41) is 0. The molecule has 3 rings (SSSR count). The number of nitrogens with one attached hydrogen (secondary N) is 1. The van der Waals surface area contributed by atoms with Crippen LogP contribution >= 0.6 is 0 Å². The molecule has 1 aliphatic heterocycles. The number of piperidine rings is 1. The van der Waals surface area contributed by atoms with E-state index in [0.29, 0.717) is 12.2 Å². The van der Waals surface area contributed by atoms with Crippen LogP contribution < -0.4 is 0 Å². The zero-order valence-corrected chi connectivity index (χ0v) is 11.4. The van der Waals surface area contributed by atoms with Crippen LogP contribution in [0.15, 0.2) is 24.8 Å². The molecule has 0 aromatic carbocycles. The molecule has 2 aromatic rings. The van der Waals surface area contributed by atoms with Gasteiger partial charge < -0.3 is 9.88 Å². The summed E-state index contributed by atoms with van der Waals surface area (Å²) in [5.74, 6) is 1.08. The summed E-state index contributed by atoms with van der Waals surface area (Å²) < 4.78 is 0. The third-order valence-corrected chi connectivity index (χ3v) is 3.65. The number of carbonyl (C=O) groups excluding carboxylic acids is 1. The van der Waals surface area contributed by atoms with Gasteiger partial charge in [-0.15, -0.1) is 0 Å². The van der Waals surface area contributed by atoms with E-state index in [0.717, 1.165) is 30.9 Å². The molecule has 1 saturated heterocycles. The zero-order valence-electron chi connectivity index (χ0n) is 11.4. The number of amides is 1. The fourth-order valence-corrected chi connectivity index (χ4v) is 2.65. The highest BCUT2D eigenvalue weighted by Crippen LogP contribution is 2.26. The minimum absolute atomic E-state index is 0.0120. The van der Waals surface area contributed by atoms with Gasteiger partial charge in [-0.25, -0.2) is 15.0 Å². The fraction of sp³-hybridized carbons (Fsp3) is 0.429. The van der Waals surface area contributed by atoms with Gasteiger partial charge >= 0.3 is 0 Å². The second-order valence-electron chi connectivity index (χ2n) is 5.08. The van der Waals surface area contributed by atoms with Crippen molar-refractivity contribution in [1.82, 2.24) is 24.8 Å². The van der Waals surface area contributed by atoms with Crippen molar-refractivity contribution in [3.05, 3.63) is 42.0 Å². The van der Waals surface area contributed by atoms with Crippen LogP contribution in [-0.4, -0.2) is 43.8 Å². The summed E-state index contributed by atoms with van der Waals surface area (Å²) in [6, 6.07) is 1.95. The lowest BCUT2D eigenvalue weighted by molar-refractivity contribution is 0.0700. The monoisotopic (exact) mass is 271 g/mol. The lowest BCUT2D eigenvalue weighted by Crippen LogP contribution is -2.39. The number of carbonyl (C=O) groups is 1. The van der Waals surface area contributed by atoms with Crippen LogP contribution in [0.5, 0.6) is 0 Å². The Balaban J connectivity index is 1.75. The number of aromatic amines is 1. The predicted molar refractivity (Wildman–Crippen MR) is 73.2 cm³/mol. The Morgan fingerprint density at radius 3 is 3.15 bits per heavy atom. The highest BCUT2D eigenvalue weighted by Gasteiger charge is 2.26. The molecule has 0 unspecified atom stereocenters. The second kappa shape index (κ2) is 5.40. The Labute approximate surface area is 117 Å². The minimum Gasteiger partial charge on any atom is -0.341 e. The first-order valence-corrected chi connectivity index (χ1v) is 6.81. The van der Waals surface area contributed by atoms with E-state index in [1.165, 1.54) is 6.33 Å². The molecule has 1 amide bonds. The normalized spacial score (nSPS) is 19.1. The molecule has 0 spiro atoms. The highest BCUT2D eigenvalue weighted by molar-refractivity contribution is 5.92. The molecule has 0 saturated carbocycles. The van der Waals surface area contributed by atoms with E-state index in [2.05, 4.69) is 19.9 Å². The van der Waals surface area contributed by atoms with Crippen LogP contribution in [0.3, 0.4) is 0 Å². The standard InChI is InChI=1S/C14H17N5O/c1-10-16-5-4-12(18-10)11-3-2-6-19(8-11)14(20)13-7-15-9-17-13/h4-5,7,9,11H,2-3,6,8H2,1H3,(H,15,17)/t11-/m1/s1. The third kappa shape index (κ3) is 2.54. The van der Waals surface area contributed by atoms with E-state index in [1.54, 1.807) is 12.4 Å². The summed E-state index contributed by atoms with van der Waals surface area (Å²) in [4.78, 5) is 29.6. The molecular weight excluding hydrogens is 254 g/mol. The summed E-state index contributed by atoms with van der Waals surface area (Å²) in [6.07, 6.45) is 6.94. The largest absolute Gasteiger partial charge is 0.341 e. The van der Waals surface area contributed by atoms with Crippen LogP contribution in [0.25, 0.3) is 0 Å². The fourth-order valence-electron chi connectivity index (χ4n) is 2.65. The van der Waals surface area contributed by atoms with Gasteiger partial charge in [-0.1, -0.05) is 0 Å². The van der Waals surface area contributed by atoms with E-state index in [9.17, 15) is 4.79 Å². The number of rotatable bonds is 2. The van der Waals surface area contributed by atoms with Gasteiger partial charge in [0.2, 0.25) is 0 Å². The first-order valence-electron chi connectivity index (χ1n) is 6.81. The van der Waals surface area contributed by atoms with Crippen molar-refractivity contribution >= 4 is 5.91 Å². The van der Waals surface area contributed by atoms with Crippen LogP contribution in [0.2, 0.25) is 0 Å². The maximum absolute atomic E-state index is 12.3. The first kappa shape index (κ1) is 12.8. The van der Waals surface area contributed by atoms with E-state index >= 15 is 0 Å². The molecule has 3 heterocycles. The Kier molecular flexibility index (Phi) is 3.45. The molecule has 6 heteroatoms. The molecule has 2 aromatic heterocycles. The number of nitrogens with zero attached hydrogens (tertiary/aromatic N) is 4. The summed E-state index contributed by atoms with van der Waals surface area (Å²) in [5.41, 5.74) is 1.57. The minimum atomic E-state index is 0.0120. The molecule has 104 valence electrons. The van der Waals surface area contributed by atoms with Gasteiger partial charge in [-0.2, -0.15) is 0 Å². The van der Waals surface area contributed by atoms with Crippen molar-refractivity contribution in [1.29, 1.82) is 0 Å². The molecule has 0 bridgehead atoms. The average molecular weight is 271 g/mol. The Morgan fingerprint density at radius 2 is 2.40 bits per heavy atom. The quantitative estimate of drug-likeness (QED) is 0.898. The van der Waals surface area contributed by atoms with E-state index in [-0.39, 0.29) is 11.8 Å². The second-order valence-corrected chi connectivity index (χ2v) is 5.08. The Hall–Kier alpha value is -2.24. The Bertz CT molecular complexity index is 595. The van der Waals surface area contributed by atoms with Gasteiger partial charge in [-0.05, 0) is 25.8 Å². The lowest BCUT2D eigenvalue weighted by Gasteiger charge is -2.32. The lowest BCUT2D eigenvalue weighted by atomic mass is 9.94. The maximum atomic E-state index is 12.3.